The quantitative estimate of drug-likeness (QED) is 0.422. The molecule has 1 amide bonds. The highest BCUT2D eigenvalue weighted by atomic mass is 35.5. The summed E-state index contributed by atoms with van der Waals surface area (Å²) in [6.45, 7) is 1.57. The number of nitrogens with one attached hydrogen (secondary N) is 1. The van der Waals surface area contributed by atoms with Crippen LogP contribution in [0.25, 0.3) is 10.9 Å². The highest BCUT2D eigenvalue weighted by Crippen LogP contribution is 2.34. The summed E-state index contributed by atoms with van der Waals surface area (Å²) >= 11 is 6.87. The van der Waals surface area contributed by atoms with E-state index in [9.17, 15) is 18.0 Å². The van der Waals surface area contributed by atoms with Crippen molar-refractivity contribution in [2.75, 3.05) is 12.4 Å². The number of benzene rings is 2. The van der Waals surface area contributed by atoms with Crippen LogP contribution in [0.2, 0.25) is 5.02 Å². The van der Waals surface area contributed by atoms with Crippen molar-refractivity contribution in [2.45, 2.75) is 23.4 Å². The molecule has 152 valence electrons. The van der Waals surface area contributed by atoms with Gasteiger partial charge in [-0.15, -0.1) is 0 Å². The van der Waals surface area contributed by atoms with E-state index >= 15 is 0 Å². The topological polar surface area (TPSA) is 64.1 Å². The third kappa shape index (κ3) is 4.91. The van der Waals surface area contributed by atoms with E-state index in [0.29, 0.717) is 21.8 Å². The van der Waals surface area contributed by atoms with Gasteiger partial charge in [-0.05, 0) is 31.2 Å². The summed E-state index contributed by atoms with van der Waals surface area (Å²) < 4.78 is 44.7. The molecule has 0 bridgehead atoms. The molecule has 0 saturated heterocycles. The number of amides is 1. The van der Waals surface area contributed by atoms with Gasteiger partial charge in [-0.2, -0.15) is 13.2 Å². The minimum absolute atomic E-state index is 0.0728. The molecule has 0 aliphatic heterocycles. The Balaban J connectivity index is 1.88. The average molecular weight is 442 g/mol. The maximum Gasteiger partial charge on any atom is 0.451 e. The molecule has 0 radical (unpaired) electrons. The van der Waals surface area contributed by atoms with E-state index in [-0.39, 0.29) is 10.5 Å². The first-order chi connectivity index (χ1) is 13.7. The fraction of sp³-hybridized carbons (Fsp3) is 0.211. The molecule has 1 unspecified atom stereocenters. The van der Waals surface area contributed by atoms with Crippen LogP contribution in [0.3, 0.4) is 0 Å². The number of anilines is 1. The van der Waals surface area contributed by atoms with Crippen molar-refractivity contribution in [3.63, 3.8) is 0 Å². The van der Waals surface area contributed by atoms with E-state index in [4.69, 9.17) is 16.3 Å². The summed E-state index contributed by atoms with van der Waals surface area (Å²) in [7, 11) is 1.45. The first kappa shape index (κ1) is 21.2. The van der Waals surface area contributed by atoms with Gasteiger partial charge < -0.3 is 10.1 Å². The highest BCUT2D eigenvalue weighted by molar-refractivity contribution is 8.00. The lowest BCUT2D eigenvalue weighted by molar-refractivity contribution is -0.145. The van der Waals surface area contributed by atoms with Crippen molar-refractivity contribution >= 4 is 45.9 Å². The van der Waals surface area contributed by atoms with Crippen LogP contribution in [0.4, 0.5) is 18.9 Å². The van der Waals surface area contributed by atoms with Crippen LogP contribution in [-0.2, 0) is 11.0 Å². The summed E-state index contributed by atoms with van der Waals surface area (Å²) in [6, 6.07) is 11.1. The minimum Gasteiger partial charge on any atom is -0.495 e. The average Bonchev–Trinajstić information content (AvgIpc) is 2.67. The number of methoxy groups -OCH3 is 1. The molecular formula is C19H15ClF3N3O2S. The number of ether oxygens (including phenoxy) is 1. The van der Waals surface area contributed by atoms with Gasteiger partial charge in [0.25, 0.3) is 0 Å². The molecule has 3 rings (SSSR count). The molecule has 1 atom stereocenters. The van der Waals surface area contributed by atoms with Crippen molar-refractivity contribution in [3.8, 4) is 5.75 Å². The summed E-state index contributed by atoms with van der Waals surface area (Å²) in [4.78, 5) is 19.8. The number of para-hydroxylation sites is 1. The molecule has 0 aliphatic rings. The number of thioether (sulfide) groups is 1. The molecule has 0 aliphatic carbocycles. The zero-order valence-electron chi connectivity index (χ0n) is 15.2. The van der Waals surface area contributed by atoms with Crippen molar-refractivity contribution in [1.29, 1.82) is 0 Å². The Morgan fingerprint density at radius 1 is 1.21 bits per heavy atom. The monoisotopic (exact) mass is 441 g/mol. The van der Waals surface area contributed by atoms with Gasteiger partial charge in [0.1, 0.15) is 10.8 Å². The van der Waals surface area contributed by atoms with Gasteiger partial charge >= 0.3 is 6.18 Å². The SMILES string of the molecule is COc1ccc(Cl)cc1NC(=O)C(C)Sc1nc(C(F)(F)F)nc2ccccc12. The lowest BCUT2D eigenvalue weighted by atomic mass is 10.2. The number of hydrogen-bond acceptors (Lipinski definition) is 5. The van der Waals surface area contributed by atoms with Crippen molar-refractivity contribution < 1.29 is 22.7 Å². The van der Waals surface area contributed by atoms with Gasteiger partial charge in [0.2, 0.25) is 11.7 Å². The molecule has 5 nitrogen and oxygen atoms in total. The number of fused-ring (bicyclic) bond motifs is 1. The number of nitrogens with zero attached hydrogens (tertiary/aromatic N) is 2. The Hall–Kier alpha value is -2.52. The van der Waals surface area contributed by atoms with Crippen LogP contribution >= 0.6 is 23.4 Å². The summed E-state index contributed by atoms with van der Waals surface area (Å²) in [5.74, 6) is -1.28. The molecule has 2 aromatic carbocycles. The molecule has 1 N–H and O–H groups in total. The number of aromatic nitrogens is 2. The normalized spacial score (nSPS) is 12.6. The Labute approximate surface area is 173 Å². The molecule has 3 aromatic rings. The Morgan fingerprint density at radius 3 is 2.62 bits per heavy atom. The van der Waals surface area contributed by atoms with E-state index in [2.05, 4.69) is 15.3 Å². The largest absolute Gasteiger partial charge is 0.495 e. The standard InChI is InChI=1S/C19H15ClF3N3O2S/c1-10(16(27)24-14-9-11(20)7-8-15(14)28-2)29-17-12-5-3-4-6-13(12)25-18(26-17)19(21,22)23/h3-10H,1-2H3,(H,24,27). The second-order valence-electron chi connectivity index (χ2n) is 5.96. The van der Waals surface area contributed by atoms with E-state index < -0.39 is 23.2 Å². The molecule has 10 heteroatoms. The Morgan fingerprint density at radius 2 is 1.93 bits per heavy atom. The number of hydrogen-bond donors (Lipinski definition) is 1. The third-order valence-corrected chi connectivity index (χ3v) is 5.24. The number of halogens is 4. The van der Waals surface area contributed by atoms with Gasteiger partial charge in [0.15, 0.2) is 0 Å². The zero-order chi connectivity index (χ0) is 21.2. The summed E-state index contributed by atoms with van der Waals surface area (Å²) in [5, 5.41) is 2.84. The van der Waals surface area contributed by atoms with E-state index in [0.717, 1.165) is 11.8 Å². The number of rotatable bonds is 5. The van der Waals surface area contributed by atoms with Gasteiger partial charge in [0, 0.05) is 10.4 Å². The van der Waals surface area contributed by atoms with Crippen molar-refractivity contribution in [1.82, 2.24) is 9.97 Å². The minimum atomic E-state index is -4.70. The predicted molar refractivity (Wildman–Crippen MR) is 106 cm³/mol. The number of alkyl halides is 3. The maximum absolute atomic E-state index is 13.2. The van der Waals surface area contributed by atoms with Crippen LogP contribution in [0.15, 0.2) is 47.5 Å². The second kappa shape index (κ2) is 8.46. The fourth-order valence-corrected chi connectivity index (χ4v) is 3.61. The third-order valence-electron chi connectivity index (χ3n) is 3.90. The van der Waals surface area contributed by atoms with E-state index in [1.54, 1.807) is 37.3 Å². The smallest absolute Gasteiger partial charge is 0.451 e. The van der Waals surface area contributed by atoms with E-state index in [1.807, 2.05) is 0 Å². The molecule has 1 aromatic heterocycles. The van der Waals surface area contributed by atoms with E-state index in [1.165, 1.54) is 19.2 Å². The zero-order valence-corrected chi connectivity index (χ0v) is 16.8. The van der Waals surface area contributed by atoms with Gasteiger partial charge in [-0.3, -0.25) is 4.79 Å². The number of carbonyl (C=O) groups excluding carboxylic acids is 1. The van der Waals surface area contributed by atoms with Gasteiger partial charge in [-0.1, -0.05) is 41.6 Å². The summed E-state index contributed by atoms with van der Waals surface area (Å²) in [6.07, 6.45) is -4.70. The van der Waals surface area contributed by atoms with Crippen LogP contribution < -0.4 is 10.1 Å². The molecule has 0 spiro atoms. The van der Waals surface area contributed by atoms with Crippen molar-refractivity contribution in [3.05, 3.63) is 53.3 Å². The van der Waals surface area contributed by atoms with Crippen LogP contribution in [-0.4, -0.2) is 28.2 Å². The van der Waals surface area contributed by atoms with Gasteiger partial charge in [-0.25, -0.2) is 9.97 Å². The Bertz CT molecular complexity index is 1060. The lowest BCUT2D eigenvalue weighted by Gasteiger charge is -2.16. The fourth-order valence-electron chi connectivity index (χ4n) is 2.50. The first-order valence-corrected chi connectivity index (χ1v) is 9.60. The number of carbonyl (C=O) groups is 1. The van der Waals surface area contributed by atoms with Crippen molar-refractivity contribution in [2.24, 2.45) is 0 Å². The molecule has 0 fully saturated rings. The molecule has 0 saturated carbocycles. The van der Waals surface area contributed by atoms with Crippen LogP contribution in [0, 0.1) is 0 Å². The molecule has 29 heavy (non-hydrogen) atoms. The van der Waals surface area contributed by atoms with Crippen LogP contribution in [0.5, 0.6) is 5.75 Å². The van der Waals surface area contributed by atoms with Crippen LogP contribution in [0.1, 0.15) is 12.7 Å². The highest BCUT2D eigenvalue weighted by Gasteiger charge is 2.36. The van der Waals surface area contributed by atoms with Gasteiger partial charge in [0.05, 0.1) is 23.6 Å². The second-order valence-corrected chi connectivity index (χ2v) is 7.73. The Kier molecular flexibility index (Phi) is 6.18. The molecule has 1 heterocycles. The first-order valence-electron chi connectivity index (χ1n) is 8.34. The lowest BCUT2D eigenvalue weighted by Crippen LogP contribution is -2.23. The molecular weight excluding hydrogens is 427 g/mol. The summed E-state index contributed by atoms with van der Waals surface area (Å²) in [5.41, 5.74) is 0.516. The predicted octanol–water partition coefficient (Wildman–Crippen LogP) is 5.43. The maximum atomic E-state index is 13.2.